The van der Waals surface area contributed by atoms with Gasteiger partial charge in [-0.05, 0) is 36.1 Å². The van der Waals surface area contributed by atoms with Gasteiger partial charge in [0.05, 0.1) is 17.1 Å². The highest BCUT2D eigenvalue weighted by molar-refractivity contribution is 7.13. The van der Waals surface area contributed by atoms with Crippen molar-refractivity contribution in [3.05, 3.63) is 58.9 Å². The molecule has 3 aromatic heterocycles. The van der Waals surface area contributed by atoms with E-state index in [9.17, 15) is 4.39 Å². The predicted octanol–water partition coefficient (Wildman–Crippen LogP) is 3.55. The smallest absolute Gasteiger partial charge is 0.268 e. The summed E-state index contributed by atoms with van der Waals surface area (Å²) in [6, 6.07) is 10.1. The molecule has 0 radical (unpaired) electrons. The number of nitrogens with zero attached hydrogens (tertiary/aromatic N) is 5. The summed E-state index contributed by atoms with van der Waals surface area (Å²) < 4.78 is 20.0. The normalized spacial score (nSPS) is 11.1. The van der Waals surface area contributed by atoms with E-state index < -0.39 is 0 Å². The first kappa shape index (κ1) is 14.7. The molecule has 0 saturated carbocycles. The topological polar surface area (TPSA) is 69.6 Å². The molecule has 8 heteroatoms. The van der Waals surface area contributed by atoms with Gasteiger partial charge in [0, 0.05) is 0 Å². The molecule has 0 N–H and O–H groups in total. The molecule has 0 bridgehead atoms. The second-order valence-corrected chi connectivity index (χ2v) is 6.16. The maximum absolute atomic E-state index is 13.0. The standard InChI is InChI=1S/C16H12FN5OS/c1-10-14(15-18-16(23-20-15)13-3-2-8-24-13)19-21-22(10)9-11-4-6-12(17)7-5-11/h2-8H,9H2,1H3. The Morgan fingerprint density at radius 3 is 2.79 bits per heavy atom. The van der Waals surface area contributed by atoms with Gasteiger partial charge in [0.25, 0.3) is 5.89 Å². The molecule has 0 unspecified atom stereocenters. The minimum absolute atomic E-state index is 0.261. The molecule has 0 aliphatic rings. The fourth-order valence-corrected chi connectivity index (χ4v) is 2.94. The highest BCUT2D eigenvalue weighted by Crippen LogP contribution is 2.26. The molecule has 4 rings (SSSR count). The minimum Gasteiger partial charge on any atom is -0.333 e. The van der Waals surface area contributed by atoms with Crippen molar-refractivity contribution in [2.75, 3.05) is 0 Å². The largest absolute Gasteiger partial charge is 0.333 e. The van der Waals surface area contributed by atoms with Gasteiger partial charge in [0.1, 0.15) is 5.82 Å². The lowest BCUT2D eigenvalue weighted by atomic mass is 10.2. The molecular formula is C16H12FN5OS. The summed E-state index contributed by atoms with van der Waals surface area (Å²) in [5.74, 6) is 0.608. The summed E-state index contributed by atoms with van der Waals surface area (Å²) in [6.45, 7) is 2.38. The van der Waals surface area contributed by atoms with E-state index in [0.29, 0.717) is 24.0 Å². The van der Waals surface area contributed by atoms with Crippen LogP contribution in [0.3, 0.4) is 0 Å². The van der Waals surface area contributed by atoms with Crippen LogP contribution in [0.5, 0.6) is 0 Å². The van der Waals surface area contributed by atoms with Gasteiger partial charge in [-0.3, -0.25) is 0 Å². The maximum Gasteiger partial charge on any atom is 0.268 e. The number of halogens is 1. The third kappa shape index (κ3) is 2.71. The van der Waals surface area contributed by atoms with Crippen LogP contribution < -0.4 is 0 Å². The summed E-state index contributed by atoms with van der Waals surface area (Å²) in [4.78, 5) is 5.29. The van der Waals surface area contributed by atoms with Crippen molar-refractivity contribution in [1.82, 2.24) is 25.1 Å². The molecule has 6 nitrogen and oxygen atoms in total. The minimum atomic E-state index is -0.261. The first-order valence-electron chi connectivity index (χ1n) is 7.23. The van der Waals surface area contributed by atoms with E-state index in [1.807, 2.05) is 24.4 Å². The zero-order valence-electron chi connectivity index (χ0n) is 12.7. The Morgan fingerprint density at radius 2 is 2.04 bits per heavy atom. The van der Waals surface area contributed by atoms with E-state index >= 15 is 0 Å². The van der Waals surface area contributed by atoms with Crippen LogP contribution in [0, 0.1) is 12.7 Å². The van der Waals surface area contributed by atoms with Crippen LogP contribution in [0.15, 0.2) is 46.3 Å². The summed E-state index contributed by atoms with van der Waals surface area (Å²) >= 11 is 1.53. The van der Waals surface area contributed by atoms with E-state index in [1.54, 1.807) is 16.8 Å². The molecule has 0 aliphatic heterocycles. The Bertz CT molecular complexity index is 959. The molecule has 0 saturated heterocycles. The van der Waals surface area contributed by atoms with Crippen molar-refractivity contribution in [1.29, 1.82) is 0 Å². The lowest BCUT2D eigenvalue weighted by Gasteiger charge is -2.03. The molecule has 1 aromatic carbocycles. The Morgan fingerprint density at radius 1 is 1.21 bits per heavy atom. The predicted molar refractivity (Wildman–Crippen MR) is 86.9 cm³/mol. The molecule has 4 aromatic rings. The van der Waals surface area contributed by atoms with E-state index in [2.05, 4.69) is 20.5 Å². The molecule has 24 heavy (non-hydrogen) atoms. The second-order valence-electron chi connectivity index (χ2n) is 5.21. The van der Waals surface area contributed by atoms with Gasteiger partial charge >= 0.3 is 0 Å². The fourth-order valence-electron chi connectivity index (χ4n) is 2.30. The second kappa shape index (κ2) is 5.97. The summed E-state index contributed by atoms with van der Waals surface area (Å²) in [5.41, 5.74) is 2.32. The number of aromatic nitrogens is 5. The highest BCUT2D eigenvalue weighted by Gasteiger charge is 2.18. The number of hydrogen-bond donors (Lipinski definition) is 0. The first-order chi connectivity index (χ1) is 11.7. The maximum atomic E-state index is 13.0. The summed E-state index contributed by atoms with van der Waals surface area (Å²) in [7, 11) is 0. The number of thiophene rings is 1. The van der Waals surface area contributed by atoms with Crippen molar-refractivity contribution in [3.63, 3.8) is 0 Å². The average Bonchev–Trinajstić information content (AvgIpc) is 3.31. The Kier molecular flexibility index (Phi) is 3.66. The van der Waals surface area contributed by atoms with E-state index in [4.69, 9.17) is 4.52 Å². The molecule has 0 spiro atoms. The molecule has 0 aliphatic carbocycles. The molecule has 0 atom stereocenters. The zero-order chi connectivity index (χ0) is 16.5. The van der Waals surface area contributed by atoms with Gasteiger partial charge in [-0.15, -0.1) is 16.4 Å². The van der Waals surface area contributed by atoms with Crippen LogP contribution in [0.2, 0.25) is 0 Å². The lowest BCUT2D eigenvalue weighted by molar-refractivity contribution is 0.433. The van der Waals surface area contributed by atoms with E-state index in [-0.39, 0.29) is 5.82 Å². The van der Waals surface area contributed by atoms with Crippen LogP contribution in [0.1, 0.15) is 11.3 Å². The first-order valence-corrected chi connectivity index (χ1v) is 8.11. The fraction of sp³-hybridized carbons (Fsp3) is 0.125. The van der Waals surface area contributed by atoms with E-state index in [0.717, 1.165) is 16.1 Å². The molecular weight excluding hydrogens is 329 g/mol. The van der Waals surface area contributed by atoms with Gasteiger partial charge in [-0.25, -0.2) is 9.07 Å². The SMILES string of the molecule is Cc1c(-c2noc(-c3cccs3)n2)nnn1Cc1ccc(F)cc1. The van der Waals surface area contributed by atoms with Crippen LogP contribution >= 0.6 is 11.3 Å². The summed E-state index contributed by atoms with van der Waals surface area (Å²) in [6.07, 6.45) is 0. The Hall–Kier alpha value is -2.87. The van der Waals surface area contributed by atoms with Crippen LogP contribution in [0.4, 0.5) is 4.39 Å². The van der Waals surface area contributed by atoms with Crippen molar-refractivity contribution in [2.24, 2.45) is 0 Å². The molecule has 0 amide bonds. The lowest BCUT2D eigenvalue weighted by Crippen LogP contribution is -2.04. The van der Waals surface area contributed by atoms with Crippen LogP contribution in [-0.4, -0.2) is 25.1 Å². The average molecular weight is 341 g/mol. The molecule has 0 fully saturated rings. The van der Waals surface area contributed by atoms with E-state index in [1.165, 1.54) is 23.5 Å². The Balaban J connectivity index is 1.61. The summed E-state index contributed by atoms with van der Waals surface area (Å²) in [5, 5.41) is 14.2. The van der Waals surface area contributed by atoms with Gasteiger partial charge in [0.15, 0.2) is 5.69 Å². The van der Waals surface area contributed by atoms with Gasteiger partial charge in [0.2, 0.25) is 5.82 Å². The highest BCUT2D eigenvalue weighted by atomic mass is 32.1. The number of rotatable bonds is 4. The third-order valence-corrected chi connectivity index (χ3v) is 4.46. The Labute approximate surface area is 140 Å². The third-order valence-electron chi connectivity index (χ3n) is 3.60. The molecule has 120 valence electrons. The van der Waals surface area contributed by atoms with Gasteiger partial charge < -0.3 is 4.52 Å². The van der Waals surface area contributed by atoms with Crippen LogP contribution in [0.25, 0.3) is 22.3 Å². The van der Waals surface area contributed by atoms with Gasteiger partial charge in [-0.2, -0.15) is 4.98 Å². The number of hydrogen-bond acceptors (Lipinski definition) is 6. The quantitative estimate of drug-likeness (QED) is 0.568. The van der Waals surface area contributed by atoms with Gasteiger partial charge in [-0.1, -0.05) is 28.6 Å². The van der Waals surface area contributed by atoms with Crippen molar-refractivity contribution in [2.45, 2.75) is 13.5 Å². The van der Waals surface area contributed by atoms with Crippen molar-refractivity contribution in [3.8, 4) is 22.3 Å². The molecule has 3 heterocycles. The van der Waals surface area contributed by atoms with Crippen LogP contribution in [-0.2, 0) is 6.54 Å². The zero-order valence-corrected chi connectivity index (χ0v) is 13.5. The van der Waals surface area contributed by atoms with Crippen molar-refractivity contribution >= 4 is 11.3 Å². The number of benzene rings is 1. The monoisotopic (exact) mass is 341 g/mol. The van der Waals surface area contributed by atoms with Crippen molar-refractivity contribution < 1.29 is 8.91 Å².